The zero-order chi connectivity index (χ0) is 17.1. The molecule has 0 aliphatic carbocycles. The molecule has 1 aliphatic heterocycles. The van der Waals surface area contributed by atoms with Crippen LogP contribution < -0.4 is 10.1 Å². The van der Waals surface area contributed by atoms with Crippen molar-refractivity contribution in [3.63, 3.8) is 0 Å². The van der Waals surface area contributed by atoms with E-state index in [1.54, 1.807) is 13.4 Å². The summed E-state index contributed by atoms with van der Waals surface area (Å²) in [5.41, 5.74) is 4.98. The lowest BCUT2D eigenvalue weighted by atomic mass is 10.0. The number of benzene rings is 1. The van der Waals surface area contributed by atoms with Gasteiger partial charge in [0.1, 0.15) is 24.5 Å². The largest absolute Gasteiger partial charge is 0.487 e. The van der Waals surface area contributed by atoms with Crippen LogP contribution in [0.25, 0.3) is 0 Å². The number of para-hydroxylation sites is 1. The van der Waals surface area contributed by atoms with Crippen molar-refractivity contribution in [2.75, 3.05) is 12.4 Å². The molecule has 3 heterocycles. The molecule has 7 nitrogen and oxygen atoms in total. The molecule has 0 bridgehead atoms. The first-order valence-electron chi connectivity index (χ1n) is 8.13. The molecule has 2 aromatic heterocycles. The fourth-order valence-electron chi connectivity index (χ4n) is 2.94. The SMILES string of the molecule is COCc1cc(CNc2ncnc3c2Cc2ccccc2OC3)[nH]n1. The maximum absolute atomic E-state index is 5.87. The van der Waals surface area contributed by atoms with E-state index in [1.807, 2.05) is 24.3 Å². The number of hydrogen-bond donors (Lipinski definition) is 2. The number of nitrogens with one attached hydrogen (secondary N) is 2. The molecule has 7 heteroatoms. The smallest absolute Gasteiger partial charge is 0.133 e. The first kappa shape index (κ1) is 15.6. The minimum absolute atomic E-state index is 0.450. The Kier molecular flexibility index (Phi) is 4.30. The lowest BCUT2D eigenvalue weighted by Crippen LogP contribution is -2.09. The van der Waals surface area contributed by atoms with Crippen molar-refractivity contribution in [3.8, 4) is 5.75 Å². The fourth-order valence-corrected chi connectivity index (χ4v) is 2.94. The Morgan fingerprint density at radius 1 is 1.28 bits per heavy atom. The van der Waals surface area contributed by atoms with Gasteiger partial charge in [-0.3, -0.25) is 5.10 Å². The predicted octanol–water partition coefficient (Wildman–Crippen LogP) is 2.44. The molecule has 0 amide bonds. The Morgan fingerprint density at radius 3 is 3.12 bits per heavy atom. The van der Waals surface area contributed by atoms with Gasteiger partial charge in [0.2, 0.25) is 0 Å². The standard InChI is InChI=1S/C18H19N5O2/c1-24-9-14-7-13(22-23-14)8-19-18-15-6-12-4-2-3-5-17(12)25-10-16(15)20-11-21-18/h2-5,7,11H,6,8-10H2,1H3,(H,22,23)(H,19,20,21). The molecular formula is C18H19N5O2. The maximum Gasteiger partial charge on any atom is 0.133 e. The number of nitrogens with zero attached hydrogens (tertiary/aromatic N) is 3. The number of fused-ring (bicyclic) bond motifs is 2. The molecule has 3 aromatic rings. The molecule has 1 aromatic carbocycles. The van der Waals surface area contributed by atoms with E-state index in [9.17, 15) is 0 Å². The van der Waals surface area contributed by atoms with Crippen LogP contribution in [0.3, 0.4) is 0 Å². The van der Waals surface area contributed by atoms with Crippen LogP contribution in [-0.2, 0) is 30.9 Å². The summed E-state index contributed by atoms with van der Waals surface area (Å²) in [6.45, 7) is 1.54. The van der Waals surface area contributed by atoms with Gasteiger partial charge in [0.05, 0.1) is 30.2 Å². The Bertz CT molecular complexity index is 877. The van der Waals surface area contributed by atoms with Gasteiger partial charge in [-0.05, 0) is 17.7 Å². The molecule has 0 unspecified atom stereocenters. The third-order valence-corrected chi connectivity index (χ3v) is 4.16. The molecule has 0 spiro atoms. The number of aromatic nitrogens is 4. The van der Waals surface area contributed by atoms with Crippen molar-refractivity contribution >= 4 is 5.82 Å². The number of H-pyrrole nitrogens is 1. The molecule has 2 N–H and O–H groups in total. The summed E-state index contributed by atoms with van der Waals surface area (Å²) < 4.78 is 11.0. The highest BCUT2D eigenvalue weighted by Crippen LogP contribution is 2.30. The zero-order valence-electron chi connectivity index (χ0n) is 14.0. The molecule has 0 radical (unpaired) electrons. The number of hydrogen-bond acceptors (Lipinski definition) is 6. The van der Waals surface area contributed by atoms with Crippen LogP contribution in [0.2, 0.25) is 0 Å². The van der Waals surface area contributed by atoms with E-state index >= 15 is 0 Å². The van der Waals surface area contributed by atoms with E-state index in [4.69, 9.17) is 9.47 Å². The fraction of sp³-hybridized carbons (Fsp3) is 0.278. The second kappa shape index (κ2) is 6.90. The van der Waals surface area contributed by atoms with E-state index in [0.717, 1.165) is 46.2 Å². The normalized spacial score (nSPS) is 12.7. The van der Waals surface area contributed by atoms with Crippen molar-refractivity contribution < 1.29 is 9.47 Å². The van der Waals surface area contributed by atoms with E-state index in [1.165, 1.54) is 0 Å². The highest BCUT2D eigenvalue weighted by atomic mass is 16.5. The molecule has 1 aliphatic rings. The van der Waals surface area contributed by atoms with Crippen molar-refractivity contribution in [3.05, 3.63) is 64.9 Å². The second-order valence-corrected chi connectivity index (χ2v) is 5.89. The second-order valence-electron chi connectivity index (χ2n) is 5.89. The average molecular weight is 337 g/mol. The predicted molar refractivity (Wildman–Crippen MR) is 92.2 cm³/mol. The number of anilines is 1. The van der Waals surface area contributed by atoms with Crippen LogP contribution in [0.15, 0.2) is 36.7 Å². The maximum atomic E-state index is 5.87. The van der Waals surface area contributed by atoms with Gasteiger partial charge in [-0.1, -0.05) is 18.2 Å². The van der Waals surface area contributed by atoms with Crippen LogP contribution in [0.4, 0.5) is 5.82 Å². The van der Waals surface area contributed by atoms with Crippen LogP contribution in [0, 0.1) is 0 Å². The first-order chi connectivity index (χ1) is 12.3. The summed E-state index contributed by atoms with van der Waals surface area (Å²) in [4.78, 5) is 8.82. The van der Waals surface area contributed by atoms with Crippen molar-refractivity contribution in [2.45, 2.75) is 26.2 Å². The van der Waals surface area contributed by atoms with Crippen LogP contribution in [-0.4, -0.2) is 27.3 Å². The molecule has 25 heavy (non-hydrogen) atoms. The minimum Gasteiger partial charge on any atom is -0.487 e. The van der Waals surface area contributed by atoms with Gasteiger partial charge in [-0.25, -0.2) is 9.97 Å². The van der Waals surface area contributed by atoms with Crippen molar-refractivity contribution in [1.29, 1.82) is 0 Å². The molecule has 4 rings (SSSR count). The van der Waals surface area contributed by atoms with Gasteiger partial charge >= 0.3 is 0 Å². The number of methoxy groups -OCH3 is 1. The van der Waals surface area contributed by atoms with Crippen molar-refractivity contribution in [1.82, 2.24) is 20.2 Å². The third kappa shape index (κ3) is 3.32. The van der Waals surface area contributed by atoms with Gasteiger partial charge in [-0.15, -0.1) is 0 Å². The van der Waals surface area contributed by atoms with Crippen molar-refractivity contribution in [2.24, 2.45) is 0 Å². The van der Waals surface area contributed by atoms with Gasteiger partial charge in [0.15, 0.2) is 0 Å². The topological polar surface area (TPSA) is 85.0 Å². The highest BCUT2D eigenvalue weighted by Gasteiger charge is 2.18. The number of aromatic amines is 1. The van der Waals surface area contributed by atoms with Gasteiger partial charge in [0.25, 0.3) is 0 Å². The van der Waals surface area contributed by atoms with E-state index < -0.39 is 0 Å². The molecule has 128 valence electrons. The molecule has 0 atom stereocenters. The van der Waals surface area contributed by atoms with Crippen LogP contribution in [0.1, 0.15) is 28.2 Å². The summed E-state index contributed by atoms with van der Waals surface area (Å²) in [6, 6.07) is 10.0. The lowest BCUT2D eigenvalue weighted by molar-refractivity contribution is 0.181. The van der Waals surface area contributed by atoms with Gasteiger partial charge in [0, 0.05) is 19.1 Å². The quantitative estimate of drug-likeness (QED) is 0.744. The van der Waals surface area contributed by atoms with E-state index in [-0.39, 0.29) is 0 Å². The highest BCUT2D eigenvalue weighted by molar-refractivity contribution is 5.51. The Morgan fingerprint density at radius 2 is 2.20 bits per heavy atom. The third-order valence-electron chi connectivity index (χ3n) is 4.16. The Balaban J connectivity index is 1.55. The van der Waals surface area contributed by atoms with E-state index in [0.29, 0.717) is 19.8 Å². The van der Waals surface area contributed by atoms with E-state index in [2.05, 4.69) is 31.5 Å². The van der Waals surface area contributed by atoms with Crippen LogP contribution >= 0.6 is 0 Å². The molecular weight excluding hydrogens is 318 g/mol. The summed E-state index contributed by atoms with van der Waals surface area (Å²) >= 11 is 0. The number of ether oxygens (including phenoxy) is 2. The van der Waals surface area contributed by atoms with Gasteiger partial charge in [-0.2, -0.15) is 5.10 Å². The summed E-state index contributed by atoms with van der Waals surface area (Å²) in [5.74, 6) is 1.73. The number of rotatable bonds is 5. The van der Waals surface area contributed by atoms with Crippen LogP contribution in [0.5, 0.6) is 5.75 Å². The Labute approximate surface area is 145 Å². The first-order valence-corrected chi connectivity index (χ1v) is 8.13. The van der Waals surface area contributed by atoms with Gasteiger partial charge < -0.3 is 14.8 Å². The molecule has 0 saturated heterocycles. The summed E-state index contributed by atoms with van der Waals surface area (Å²) in [6.07, 6.45) is 2.32. The molecule has 0 saturated carbocycles. The zero-order valence-corrected chi connectivity index (χ0v) is 14.0. The average Bonchev–Trinajstić information content (AvgIpc) is 2.99. The lowest BCUT2D eigenvalue weighted by Gasteiger charge is -2.11. The minimum atomic E-state index is 0.450. The summed E-state index contributed by atoms with van der Waals surface area (Å²) in [7, 11) is 1.66. The molecule has 0 fully saturated rings. The summed E-state index contributed by atoms with van der Waals surface area (Å²) in [5, 5.41) is 10.6. The Hall–Kier alpha value is -2.93. The monoisotopic (exact) mass is 337 g/mol.